The lowest BCUT2D eigenvalue weighted by molar-refractivity contribution is -0.143. The Morgan fingerprint density at radius 1 is 1.15 bits per heavy atom. The minimum atomic E-state index is -0.219. The van der Waals surface area contributed by atoms with Gasteiger partial charge < -0.3 is 14.6 Å². The lowest BCUT2D eigenvalue weighted by atomic mass is 10.1. The highest BCUT2D eigenvalue weighted by Crippen LogP contribution is 2.17. The SMILES string of the molecule is O=C(CCCl)OCCCCCCOC1=CC=C(O)CC1. The summed E-state index contributed by atoms with van der Waals surface area (Å²) in [6.45, 7) is 1.18. The summed E-state index contributed by atoms with van der Waals surface area (Å²) in [5.41, 5.74) is 0. The number of rotatable bonds is 10. The summed E-state index contributed by atoms with van der Waals surface area (Å²) in [6.07, 6.45) is 9.20. The number of hydrogen-bond donors (Lipinski definition) is 1. The summed E-state index contributed by atoms with van der Waals surface area (Å²) < 4.78 is 10.6. The molecule has 0 bridgehead atoms. The van der Waals surface area contributed by atoms with Crippen LogP contribution in [-0.4, -0.2) is 30.2 Å². The molecular formula is C15H23ClO4. The van der Waals surface area contributed by atoms with E-state index in [1.54, 1.807) is 6.08 Å². The second-order valence-corrected chi connectivity index (χ2v) is 5.09. The highest BCUT2D eigenvalue weighted by atomic mass is 35.5. The molecule has 0 amide bonds. The van der Waals surface area contributed by atoms with Crippen LogP contribution in [0.15, 0.2) is 23.7 Å². The number of carbonyl (C=O) groups is 1. The molecule has 0 aromatic carbocycles. The molecule has 0 unspecified atom stereocenters. The summed E-state index contributed by atoms with van der Waals surface area (Å²) >= 11 is 5.43. The van der Waals surface area contributed by atoms with Gasteiger partial charge in [-0.05, 0) is 37.8 Å². The van der Waals surface area contributed by atoms with Gasteiger partial charge in [0.25, 0.3) is 0 Å². The molecule has 0 spiro atoms. The summed E-state index contributed by atoms with van der Waals surface area (Å²) in [5.74, 6) is 1.46. The second-order valence-electron chi connectivity index (χ2n) is 4.71. The molecule has 1 aliphatic rings. The fourth-order valence-corrected chi connectivity index (χ4v) is 1.98. The van der Waals surface area contributed by atoms with Gasteiger partial charge in [-0.2, -0.15) is 0 Å². The van der Waals surface area contributed by atoms with E-state index in [-0.39, 0.29) is 12.4 Å². The number of aliphatic hydroxyl groups is 1. The molecule has 0 heterocycles. The van der Waals surface area contributed by atoms with Crippen LogP contribution in [0.1, 0.15) is 44.9 Å². The van der Waals surface area contributed by atoms with E-state index in [1.165, 1.54) is 0 Å². The Kier molecular flexibility index (Phi) is 8.96. The number of carbonyl (C=O) groups excluding carboxylic acids is 1. The molecule has 20 heavy (non-hydrogen) atoms. The maximum atomic E-state index is 11.0. The lowest BCUT2D eigenvalue weighted by Gasteiger charge is -2.12. The zero-order valence-corrected chi connectivity index (χ0v) is 12.5. The van der Waals surface area contributed by atoms with Gasteiger partial charge in [-0.15, -0.1) is 11.6 Å². The number of halogens is 1. The first kappa shape index (κ1) is 16.9. The lowest BCUT2D eigenvalue weighted by Crippen LogP contribution is -2.06. The predicted molar refractivity (Wildman–Crippen MR) is 78.7 cm³/mol. The molecule has 0 radical (unpaired) electrons. The van der Waals surface area contributed by atoms with E-state index in [0.717, 1.165) is 37.9 Å². The van der Waals surface area contributed by atoms with Crippen molar-refractivity contribution in [1.29, 1.82) is 0 Å². The van der Waals surface area contributed by atoms with Crippen LogP contribution in [0.5, 0.6) is 0 Å². The van der Waals surface area contributed by atoms with Crippen molar-refractivity contribution in [3.63, 3.8) is 0 Å². The Balaban J connectivity index is 1.89. The third-order valence-electron chi connectivity index (χ3n) is 2.98. The van der Waals surface area contributed by atoms with E-state index in [0.29, 0.717) is 31.3 Å². The topological polar surface area (TPSA) is 55.8 Å². The van der Waals surface area contributed by atoms with E-state index in [2.05, 4.69) is 0 Å². The van der Waals surface area contributed by atoms with Gasteiger partial charge in [0.05, 0.1) is 31.2 Å². The molecule has 0 saturated carbocycles. The van der Waals surface area contributed by atoms with E-state index >= 15 is 0 Å². The number of hydrogen-bond acceptors (Lipinski definition) is 4. The van der Waals surface area contributed by atoms with Gasteiger partial charge in [-0.1, -0.05) is 0 Å². The van der Waals surface area contributed by atoms with Gasteiger partial charge in [0, 0.05) is 18.7 Å². The molecule has 0 fully saturated rings. The fraction of sp³-hybridized carbons (Fsp3) is 0.667. The molecular weight excluding hydrogens is 280 g/mol. The predicted octanol–water partition coefficient (Wildman–Crippen LogP) is 3.86. The molecule has 0 saturated heterocycles. The summed E-state index contributed by atoms with van der Waals surface area (Å²) in [6, 6.07) is 0. The zero-order valence-electron chi connectivity index (χ0n) is 11.8. The van der Waals surface area contributed by atoms with Crippen LogP contribution in [0.2, 0.25) is 0 Å². The van der Waals surface area contributed by atoms with Crippen LogP contribution in [0.4, 0.5) is 0 Å². The smallest absolute Gasteiger partial charge is 0.306 e. The summed E-state index contributed by atoms with van der Waals surface area (Å²) in [4.78, 5) is 11.0. The van der Waals surface area contributed by atoms with Crippen molar-refractivity contribution in [2.24, 2.45) is 0 Å². The van der Waals surface area contributed by atoms with Crippen molar-refractivity contribution in [2.45, 2.75) is 44.9 Å². The monoisotopic (exact) mass is 302 g/mol. The van der Waals surface area contributed by atoms with Gasteiger partial charge in [0.2, 0.25) is 0 Å². The number of ether oxygens (including phenoxy) is 2. The van der Waals surface area contributed by atoms with Crippen LogP contribution >= 0.6 is 11.6 Å². The number of allylic oxidation sites excluding steroid dienone is 4. The Morgan fingerprint density at radius 3 is 2.55 bits per heavy atom. The number of aliphatic hydroxyl groups excluding tert-OH is 1. The average Bonchev–Trinajstić information content (AvgIpc) is 2.44. The largest absolute Gasteiger partial charge is 0.512 e. The molecule has 1 rings (SSSR count). The third kappa shape index (κ3) is 8.10. The van der Waals surface area contributed by atoms with Crippen LogP contribution < -0.4 is 0 Å². The Hall–Kier alpha value is -1.16. The standard InChI is InChI=1S/C15H23ClO4/c16-10-9-15(18)20-12-4-2-1-3-11-19-14-7-5-13(17)6-8-14/h5,7,17H,1-4,6,8-12H2. The Bertz CT molecular complexity index is 350. The third-order valence-corrected chi connectivity index (χ3v) is 3.17. The maximum Gasteiger partial charge on any atom is 0.306 e. The average molecular weight is 303 g/mol. The molecule has 1 aliphatic carbocycles. The number of alkyl halides is 1. The highest BCUT2D eigenvalue weighted by Gasteiger charge is 2.05. The van der Waals surface area contributed by atoms with Crippen molar-refractivity contribution in [3.05, 3.63) is 23.7 Å². The molecule has 0 aliphatic heterocycles. The van der Waals surface area contributed by atoms with Crippen LogP contribution in [0.25, 0.3) is 0 Å². The maximum absolute atomic E-state index is 11.0. The van der Waals surface area contributed by atoms with Crippen molar-refractivity contribution in [1.82, 2.24) is 0 Å². The highest BCUT2D eigenvalue weighted by molar-refractivity contribution is 6.18. The van der Waals surface area contributed by atoms with Crippen molar-refractivity contribution < 1.29 is 19.4 Å². The fourth-order valence-electron chi connectivity index (χ4n) is 1.82. The van der Waals surface area contributed by atoms with Crippen molar-refractivity contribution in [3.8, 4) is 0 Å². The first-order valence-electron chi connectivity index (χ1n) is 7.15. The van der Waals surface area contributed by atoms with Gasteiger partial charge in [-0.3, -0.25) is 4.79 Å². The van der Waals surface area contributed by atoms with E-state index < -0.39 is 0 Å². The minimum absolute atomic E-state index is 0.219. The summed E-state index contributed by atoms with van der Waals surface area (Å²) in [5, 5.41) is 9.21. The molecule has 114 valence electrons. The van der Waals surface area contributed by atoms with Crippen molar-refractivity contribution >= 4 is 17.6 Å². The number of unbranched alkanes of at least 4 members (excludes halogenated alkanes) is 3. The van der Waals surface area contributed by atoms with Crippen molar-refractivity contribution in [2.75, 3.05) is 19.1 Å². The molecule has 1 N–H and O–H groups in total. The quantitative estimate of drug-likeness (QED) is 0.378. The second kappa shape index (κ2) is 10.6. The van der Waals surface area contributed by atoms with Crippen LogP contribution in [0, 0.1) is 0 Å². The summed E-state index contributed by atoms with van der Waals surface area (Å²) in [7, 11) is 0. The normalized spacial score (nSPS) is 14.4. The van der Waals surface area contributed by atoms with E-state index in [9.17, 15) is 9.90 Å². The number of esters is 1. The van der Waals surface area contributed by atoms with Crippen LogP contribution in [0.3, 0.4) is 0 Å². The molecule has 5 heteroatoms. The van der Waals surface area contributed by atoms with Gasteiger partial charge >= 0.3 is 5.97 Å². The van der Waals surface area contributed by atoms with E-state index in [4.69, 9.17) is 21.1 Å². The molecule has 4 nitrogen and oxygen atoms in total. The van der Waals surface area contributed by atoms with Gasteiger partial charge in [0.1, 0.15) is 0 Å². The Labute approximate surface area is 125 Å². The first-order valence-corrected chi connectivity index (χ1v) is 7.69. The van der Waals surface area contributed by atoms with Gasteiger partial charge in [-0.25, -0.2) is 0 Å². The molecule has 0 aromatic rings. The first-order chi connectivity index (χ1) is 9.72. The minimum Gasteiger partial charge on any atom is -0.512 e. The van der Waals surface area contributed by atoms with E-state index in [1.807, 2.05) is 6.08 Å². The molecule has 0 atom stereocenters. The molecule has 0 aromatic heterocycles. The van der Waals surface area contributed by atoms with Gasteiger partial charge in [0.15, 0.2) is 0 Å². The zero-order chi connectivity index (χ0) is 14.6. The Morgan fingerprint density at radius 2 is 1.90 bits per heavy atom. The van der Waals surface area contributed by atoms with Crippen LogP contribution in [-0.2, 0) is 14.3 Å².